The number of ether oxygens (including phenoxy) is 1. The topological polar surface area (TPSA) is 26.3 Å². The van der Waals surface area contributed by atoms with Crippen molar-refractivity contribution in [3.05, 3.63) is 35.4 Å². The molecule has 0 bridgehead atoms. The second kappa shape index (κ2) is 6.74. The first-order chi connectivity index (χ1) is 9.97. The van der Waals surface area contributed by atoms with E-state index in [-0.39, 0.29) is 5.78 Å². The van der Waals surface area contributed by atoms with Gasteiger partial charge in [-0.15, -0.1) is 0 Å². The fourth-order valence-corrected chi connectivity index (χ4v) is 3.19. The molecule has 0 amide bonds. The quantitative estimate of drug-likeness (QED) is 0.796. The molecule has 0 radical (unpaired) electrons. The predicted molar refractivity (Wildman–Crippen MR) is 86.6 cm³/mol. The smallest absolute Gasteiger partial charge is 0.168 e. The largest absolute Gasteiger partial charge is 0.370 e. The molecule has 0 spiro atoms. The second-order valence-electron chi connectivity index (χ2n) is 6.88. The average molecular weight is 288 g/mol. The Kier molecular flexibility index (Phi) is 5.21. The molecule has 0 aromatic heterocycles. The van der Waals surface area contributed by atoms with Crippen LogP contribution in [-0.4, -0.2) is 18.5 Å². The Morgan fingerprint density at radius 3 is 2.29 bits per heavy atom. The number of carbonyl (C=O) groups is 1. The first-order valence-electron chi connectivity index (χ1n) is 8.14. The van der Waals surface area contributed by atoms with E-state index in [1.165, 1.54) is 5.56 Å². The first-order valence-corrected chi connectivity index (χ1v) is 8.14. The molecule has 0 saturated heterocycles. The predicted octanol–water partition coefficient (Wildman–Crippen LogP) is 4.52. The molecule has 2 nitrogen and oxygen atoms in total. The molecule has 0 N–H and O–H groups in total. The molecule has 1 aliphatic rings. The third-order valence-electron chi connectivity index (χ3n) is 4.99. The van der Waals surface area contributed by atoms with E-state index >= 15 is 0 Å². The fraction of sp³-hybridized carbons (Fsp3) is 0.632. The molecule has 21 heavy (non-hydrogen) atoms. The first kappa shape index (κ1) is 16.2. The fourth-order valence-electron chi connectivity index (χ4n) is 3.19. The SMILES string of the molecule is COC1(C(=O)Cc2ccc(C(C)C)cc2)CCC(C)CC1. The highest BCUT2D eigenvalue weighted by Gasteiger charge is 2.40. The molecule has 1 aromatic rings. The lowest BCUT2D eigenvalue weighted by atomic mass is 9.76. The van der Waals surface area contributed by atoms with Crippen molar-refractivity contribution >= 4 is 5.78 Å². The van der Waals surface area contributed by atoms with Gasteiger partial charge < -0.3 is 4.74 Å². The number of benzene rings is 1. The van der Waals surface area contributed by atoms with Gasteiger partial charge in [0, 0.05) is 13.5 Å². The van der Waals surface area contributed by atoms with E-state index in [2.05, 4.69) is 45.0 Å². The van der Waals surface area contributed by atoms with E-state index < -0.39 is 5.60 Å². The molecule has 1 aromatic carbocycles. The van der Waals surface area contributed by atoms with Gasteiger partial charge >= 0.3 is 0 Å². The van der Waals surface area contributed by atoms with Crippen molar-refractivity contribution in [2.75, 3.05) is 7.11 Å². The number of hydrogen-bond donors (Lipinski definition) is 0. The molecule has 1 saturated carbocycles. The number of Topliss-reactive ketones (excluding diaryl/α,β-unsaturated/α-hetero) is 1. The van der Waals surface area contributed by atoms with Crippen LogP contribution in [0, 0.1) is 5.92 Å². The van der Waals surface area contributed by atoms with Crippen LogP contribution >= 0.6 is 0 Å². The summed E-state index contributed by atoms with van der Waals surface area (Å²) in [4.78, 5) is 12.7. The minimum absolute atomic E-state index is 0.245. The maximum Gasteiger partial charge on any atom is 0.168 e. The summed E-state index contributed by atoms with van der Waals surface area (Å²) < 4.78 is 5.67. The van der Waals surface area contributed by atoms with Gasteiger partial charge in [0.25, 0.3) is 0 Å². The van der Waals surface area contributed by atoms with E-state index in [0.717, 1.165) is 31.2 Å². The van der Waals surface area contributed by atoms with Gasteiger partial charge in [0.2, 0.25) is 0 Å². The van der Waals surface area contributed by atoms with Crippen molar-refractivity contribution in [1.82, 2.24) is 0 Å². The molecule has 1 fully saturated rings. The van der Waals surface area contributed by atoms with Crippen LogP contribution in [0.25, 0.3) is 0 Å². The van der Waals surface area contributed by atoms with Crippen LogP contribution in [0.4, 0.5) is 0 Å². The van der Waals surface area contributed by atoms with Gasteiger partial charge in [-0.1, -0.05) is 45.0 Å². The third kappa shape index (κ3) is 3.74. The maximum atomic E-state index is 12.7. The Hall–Kier alpha value is -1.15. The Morgan fingerprint density at radius 2 is 1.81 bits per heavy atom. The summed E-state index contributed by atoms with van der Waals surface area (Å²) >= 11 is 0. The van der Waals surface area contributed by atoms with E-state index in [4.69, 9.17) is 4.74 Å². The van der Waals surface area contributed by atoms with Crippen LogP contribution in [0.2, 0.25) is 0 Å². The highest BCUT2D eigenvalue weighted by atomic mass is 16.5. The Balaban J connectivity index is 2.05. The minimum Gasteiger partial charge on any atom is -0.370 e. The number of hydrogen-bond acceptors (Lipinski definition) is 2. The average Bonchev–Trinajstić information content (AvgIpc) is 2.49. The van der Waals surface area contributed by atoms with Gasteiger partial charge in [-0.25, -0.2) is 0 Å². The molecule has 1 aliphatic carbocycles. The lowest BCUT2D eigenvalue weighted by Crippen LogP contribution is -2.44. The van der Waals surface area contributed by atoms with Gasteiger partial charge in [0.15, 0.2) is 5.78 Å². The summed E-state index contributed by atoms with van der Waals surface area (Å²) in [7, 11) is 1.69. The Labute approximate surface area is 128 Å². The van der Waals surface area contributed by atoms with E-state index in [0.29, 0.717) is 18.3 Å². The van der Waals surface area contributed by atoms with Crippen molar-refractivity contribution in [3.8, 4) is 0 Å². The number of carbonyl (C=O) groups excluding carboxylic acids is 1. The zero-order chi connectivity index (χ0) is 15.5. The van der Waals surface area contributed by atoms with Gasteiger partial charge in [0.05, 0.1) is 0 Å². The molecule has 0 atom stereocenters. The minimum atomic E-state index is -0.538. The van der Waals surface area contributed by atoms with Crippen LogP contribution in [0.15, 0.2) is 24.3 Å². The highest BCUT2D eigenvalue weighted by Crippen LogP contribution is 2.35. The molecule has 0 heterocycles. The Morgan fingerprint density at radius 1 is 1.24 bits per heavy atom. The van der Waals surface area contributed by atoms with Crippen LogP contribution in [0.3, 0.4) is 0 Å². The van der Waals surface area contributed by atoms with Crippen LogP contribution in [-0.2, 0) is 16.0 Å². The van der Waals surface area contributed by atoms with Gasteiger partial charge in [0.1, 0.15) is 5.60 Å². The summed E-state index contributed by atoms with van der Waals surface area (Å²) in [5.74, 6) is 1.49. The standard InChI is InChI=1S/C19H28O2/c1-14(2)17-7-5-16(6-8-17)13-18(20)19(21-4)11-9-15(3)10-12-19/h5-8,14-15H,9-13H2,1-4H3. The summed E-state index contributed by atoms with van der Waals surface area (Å²) in [6.07, 6.45) is 4.40. The van der Waals surface area contributed by atoms with Gasteiger partial charge in [-0.2, -0.15) is 0 Å². The number of ketones is 1. The molecular formula is C19H28O2. The van der Waals surface area contributed by atoms with E-state index in [1.54, 1.807) is 7.11 Å². The van der Waals surface area contributed by atoms with E-state index in [9.17, 15) is 4.79 Å². The van der Waals surface area contributed by atoms with Gasteiger partial charge in [-0.3, -0.25) is 4.79 Å². The van der Waals surface area contributed by atoms with Crippen molar-refractivity contribution in [1.29, 1.82) is 0 Å². The normalized spacial score (nSPS) is 26.0. The van der Waals surface area contributed by atoms with Crippen molar-refractivity contribution < 1.29 is 9.53 Å². The lowest BCUT2D eigenvalue weighted by molar-refractivity contribution is -0.145. The van der Waals surface area contributed by atoms with Crippen LogP contribution in [0.1, 0.15) is 63.5 Å². The van der Waals surface area contributed by atoms with Crippen LogP contribution < -0.4 is 0 Å². The zero-order valence-electron chi connectivity index (χ0n) is 13.8. The lowest BCUT2D eigenvalue weighted by Gasteiger charge is -2.37. The monoisotopic (exact) mass is 288 g/mol. The molecular weight excluding hydrogens is 260 g/mol. The molecule has 2 rings (SSSR count). The highest BCUT2D eigenvalue weighted by molar-refractivity contribution is 5.89. The van der Waals surface area contributed by atoms with E-state index in [1.807, 2.05) is 0 Å². The van der Waals surface area contributed by atoms with Gasteiger partial charge in [-0.05, 0) is 48.6 Å². The summed E-state index contributed by atoms with van der Waals surface area (Å²) in [5, 5.41) is 0. The zero-order valence-corrected chi connectivity index (χ0v) is 13.8. The summed E-state index contributed by atoms with van der Waals surface area (Å²) in [6, 6.07) is 8.44. The van der Waals surface area contributed by atoms with Crippen molar-refractivity contribution in [2.24, 2.45) is 5.92 Å². The van der Waals surface area contributed by atoms with Crippen LogP contribution in [0.5, 0.6) is 0 Å². The molecule has 2 heteroatoms. The molecule has 116 valence electrons. The summed E-state index contributed by atoms with van der Waals surface area (Å²) in [5.41, 5.74) is 1.88. The van der Waals surface area contributed by atoms with Crippen molar-refractivity contribution in [2.45, 2.75) is 64.4 Å². The third-order valence-corrected chi connectivity index (χ3v) is 4.99. The molecule has 0 unspecified atom stereocenters. The number of methoxy groups -OCH3 is 1. The second-order valence-corrected chi connectivity index (χ2v) is 6.88. The van der Waals surface area contributed by atoms with Crippen molar-refractivity contribution in [3.63, 3.8) is 0 Å². The maximum absolute atomic E-state index is 12.7. The Bertz CT molecular complexity index is 465. The number of rotatable bonds is 5. The summed E-state index contributed by atoms with van der Waals surface area (Å²) in [6.45, 7) is 6.63. The molecule has 0 aliphatic heterocycles.